The van der Waals surface area contributed by atoms with E-state index in [-0.39, 0.29) is 18.5 Å². The van der Waals surface area contributed by atoms with Crippen LogP contribution in [0.15, 0.2) is 0 Å². The van der Waals surface area contributed by atoms with Gasteiger partial charge in [-0.25, -0.2) is 0 Å². The molecule has 1 rings (SSSR count). The van der Waals surface area contributed by atoms with E-state index in [1.807, 2.05) is 0 Å². The summed E-state index contributed by atoms with van der Waals surface area (Å²) >= 11 is 0. The zero-order valence-electron chi connectivity index (χ0n) is 42.3. The molecule has 0 spiro atoms. The molecule has 368 valence electrons. The number of unbranched alkanes of at least 4 members (excludes halogenated alkanes) is 20. The van der Waals surface area contributed by atoms with Crippen molar-refractivity contribution < 1.29 is 24.2 Å². The van der Waals surface area contributed by atoms with Gasteiger partial charge < -0.3 is 24.4 Å². The number of aliphatic hydroxyl groups excluding tert-OH is 1. The molecule has 1 saturated heterocycles. The molecule has 1 aliphatic heterocycles. The lowest BCUT2D eigenvalue weighted by Crippen LogP contribution is -2.47. The SMILES string of the molecule is CCCCCCCCC(CCCCCC)COC(=O)CCCCCN(CCCCCC(=O)OCC(CCCCCC)CCCCCCCC)CCN(CCO)C1CCN(C)CC1. The van der Waals surface area contributed by atoms with Crippen LogP contribution in [0, 0.1) is 11.8 Å². The quantitative estimate of drug-likeness (QED) is 0.0478. The van der Waals surface area contributed by atoms with Crippen molar-refractivity contribution in [2.24, 2.45) is 11.8 Å². The lowest BCUT2D eigenvalue weighted by Gasteiger charge is -2.38. The highest BCUT2D eigenvalue weighted by atomic mass is 16.5. The molecule has 8 heteroatoms. The topological polar surface area (TPSA) is 82.5 Å². The average Bonchev–Trinajstić information content (AvgIpc) is 3.27. The lowest BCUT2D eigenvalue weighted by atomic mass is 9.95. The maximum Gasteiger partial charge on any atom is 0.305 e. The van der Waals surface area contributed by atoms with Crippen molar-refractivity contribution in [3.05, 3.63) is 0 Å². The minimum absolute atomic E-state index is 0.0139. The van der Waals surface area contributed by atoms with Gasteiger partial charge in [0.25, 0.3) is 0 Å². The highest BCUT2D eigenvalue weighted by Gasteiger charge is 2.23. The van der Waals surface area contributed by atoms with Crippen LogP contribution < -0.4 is 0 Å². The Morgan fingerprint density at radius 2 is 0.871 bits per heavy atom. The van der Waals surface area contributed by atoms with E-state index in [1.54, 1.807) is 0 Å². The smallest absolute Gasteiger partial charge is 0.305 e. The normalized spacial score (nSPS) is 14.8. The van der Waals surface area contributed by atoms with Crippen LogP contribution in [0.4, 0.5) is 0 Å². The third-order valence-electron chi connectivity index (χ3n) is 13.8. The maximum atomic E-state index is 12.9. The number of hydrogen-bond acceptors (Lipinski definition) is 8. The predicted octanol–water partition coefficient (Wildman–Crippen LogP) is 13.6. The number of rotatable bonds is 46. The van der Waals surface area contributed by atoms with E-state index >= 15 is 0 Å². The van der Waals surface area contributed by atoms with Gasteiger partial charge in [-0.15, -0.1) is 0 Å². The average molecular weight is 878 g/mol. The Balaban J connectivity index is 2.57. The van der Waals surface area contributed by atoms with Gasteiger partial charge in [-0.05, 0) is 109 Å². The highest BCUT2D eigenvalue weighted by molar-refractivity contribution is 5.69. The maximum absolute atomic E-state index is 12.9. The van der Waals surface area contributed by atoms with Crippen LogP contribution in [0.1, 0.15) is 246 Å². The van der Waals surface area contributed by atoms with Crippen LogP contribution >= 0.6 is 0 Å². The number of hydrogen-bond donors (Lipinski definition) is 1. The van der Waals surface area contributed by atoms with E-state index in [4.69, 9.17) is 9.47 Å². The third kappa shape index (κ3) is 35.1. The molecule has 0 amide bonds. The van der Waals surface area contributed by atoms with Gasteiger partial charge in [0.1, 0.15) is 0 Å². The molecule has 8 nitrogen and oxygen atoms in total. The Kier molecular flexibility index (Phi) is 41.4. The Bertz CT molecular complexity index is 918. The lowest BCUT2D eigenvalue weighted by molar-refractivity contribution is -0.146. The number of carbonyl (C=O) groups is 2. The largest absolute Gasteiger partial charge is 0.465 e. The summed E-state index contributed by atoms with van der Waals surface area (Å²) in [5, 5.41) is 9.94. The molecule has 0 saturated carbocycles. The number of aliphatic hydroxyl groups is 1. The van der Waals surface area contributed by atoms with Crippen molar-refractivity contribution in [3.8, 4) is 0 Å². The second-order valence-electron chi connectivity index (χ2n) is 19.7. The van der Waals surface area contributed by atoms with E-state index in [9.17, 15) is 14.7 Å². The van der Waals surface area contributed by atoms with Gasteiger partial charge in [0.2, 0.25) is 0 Å². The first kappa shape index (κ1) is 58.8. The van der Waals surface area contributed by atoms with Crippen molar-refractivity contribution in [2.75, 3.05) is 72.7 Å². The van der Waals surface area contributed by atoms with Crippen LogP contribution in [-0.4, -0.2) is 110 Å². The summed E-state index contributed by atoms with van der Waals surface area (Å²) in [5.41, 5.74) is 0. The first-order valence-electron chi connectivity index (χ1n) is 27.4. The summed E-state index contributed by atoms with van der Waals surface area (Å²) in [7, 11) is 2.21. The molecule has 0 aromatic rings. The van der Waals surface area contributed by atoms with Gasteiger partial charge in [-0.1, -0.05) is 169 Å². The number of piperidine rings is 1. The summed E-state index contributed by atoms with van der Waals surface area (Å²) < 4.78 is 11.8. The van der Waals surface area contributed by atoms with Crippen molar-refractivity contribution >= 4 is 11.9 Å². The first-order chi connectivity index (χ1) is 30.4. The van der Waals surface area contributed by atoms with Gasteiger partial charge in [0.05, 0.1) is 19.8 Å². The molecule has 0 bridgehead atoms. The molecule has 1 heterocycles. The van der Waals surface area contributed by atoms with Crippen molar-refractivity contribution in [1.82, 2.24) is 14.7 Å². The highest BCUT2D eigenvalue weighted by Crippen LogP contribution is 2.22. The molecule has 0 aromatic carbocycles. The monoisotopic (exact) mass is 878 g/mol. The van der Waals surface area contributed by atoms with Crippen LogP contribution in [0.5, 0.6) is 0 Å². The third-order valence-corrected chi connectivity index (χ3v) is 13.8. The summed E-state index contributed by atoms with van der Waals surface area (Å²) in [6.07, 6.45) is 40.1. The molecule has 1 N–H and O–H groups in total. The van der Waals surface area contributed by atoms with Crippen LogP contribution in [0.25, 0.3) is 0 Å². The number of nitrogens with zero attached hydrogens (tertiary/aromatic N) is 3. The van der Waals surface area contributed by atoms with Gasteiger partial charge in [0.15, 0.2) is 0 Å². The van der Waals surface area contributed by atoms with Gasteiger partial charge in [-0.2, -0.15) is 0 Å². The number of esters is 2. The molecule has 2 atom stereocenters. The van der Waals surface area contributed by atoms with Crippen LogP contribution in [0.3, 0.4) is 0 Å². The molecule has 0 aliphatic carbocycles. The zero-order valence-corrected chi connectivity index (χ0v) is 42.3. The van der Waals surface area contributed by atoms with Crippen molar-refractivity contribution in [1.29, 1.82) is 0 Å². The minimum Gasteiger partial charge on any atom is -0.465 e. The van der Waals surface area contributed by atoms with Gasteiger partial charge >= 0.3 is 11.9 Å². The Morgan fingerprint density at radius 1 is 0.500 bits per heavy atom. The molecular weight excluding hydrogens is 771 g/mol. The van der Waals surface area contributed by atoms with E-state index < -0.39 is 0 Å². The molecule has 1 aliphatic rings. The summed E-state index contributed by atoms with van der Waals surface area (Å²) in [6, 6.07) is 0.542. The molecule has 62 heavy (non-hydrogen) atoms. The zero-order chi connectivity index (χ0) is 45.1. The van der Waals surface area contributed by atoms with Crippen molar-refractivity contribution in [3.63, 3.8) is 0 Å². The van der Waals surface area contributed by atoms with Gasteiger partial charge in [0, 0.05) is 38.5 Å². The van der Waals surface area contributed by atoms with E-state index in [0.717, 1.165) is 84.3 Å². The van der Waals surface area contributed by atoms with Crippen molar-refractivity contribution in [2.45, 2.75) is 252 Å². The summed E-state index contributed by atoms with van der Waals surface area (Å²) in [6.45, 7) is 17.5. The fraction of sp³-hybridized carbons (Fsp3) is 0.963. The van der Waals surface area contributed by atoms with Crippen LogP contribution in [-0.2, 0) is 19.1 Å². The molecular formula is C54H107N3O5. The van der Waals surface area contributed by atoms with E-state index in [0.29, 0.717) is 43.9 Å². The fourth-order valence-electron chi connectivity index (χ4n) is 9.47. The van der Waals surface area contributed by atoms with Gasteiger partial charge in [-0.3, -0.25) is 14.5 Å². The standard InChI is InChI=1S/C54H107N3O5/c1-6-10-14-18-20-26-34-50(32-24-16-12-8-3)48-61-53(59)36-28-22-30-40-56(44-45-57(46-47-58)52-38-42-55(5)43-39-52)41-31-23-29-37-54(60)62-49-51(33-25-17-13-9-4)35-27-21-19-15-11-7-2/h50-52,58H,6-49H2,1-5H3. The molecule has 1 fully saturated rings. The Morgan fingerprint density at radius 3 is 1.27 bits per heavy atom. The molecule has 2 unspecified atom stereocenters. The van der Waals surface area contributed by atoms with Crippen LogP contribution in [0.2, 0.25) is 0 Å². The predicted molar refractivity (Wildman–Crippen MR) is 265 cm³/mol. The molecule has 0 radical (unpaired) electrons. The molecule has 0 aromatic heterocycles. The number of ether oxygens (including phenoxy) is 2. The summed E-state index contributed by atoms with van der Waals surface area (Å²) in [5.74, 6) is 0.997. The number of likely N-dealkylation sites (tertiary alicyclic amines) is 1. The second-order valence-corrected chi connectivity index (χ2v) is 19.7. The first-order valence-corrected chi connectivity index (χ1v) is 27.4. The van der Waals surface area contributed by atoms with E-state index in [2.05, 4.69) is 49.4 Å². The Labute approximate surface area is 386 Å². The second kappa shape index (κ2) is 43.7. The Hall–Kier alpha value is -1.22. The summed E-state index contributed by atoms with van der Waals surface area (Å²) in [4.78, 5) is 33.3. The minimum atomic E-state index is -0.0139. The van der Waals surface area contributed by atoms with E-state index in [1.165, 1.54) is 167 Å². The fourth-order valence-corrected chi connectivity index (χ4v) is 9.47. The number of carbonyl (C=O) groups excluding carboxylic acids is 2.